The summed E-state index contributed by atoms with van der Waals surface area (Å²) in [6.07, 6.45) is -0.160. The number of carboxylic acids is 1. The molecular weight excluding hydrogens is 533 g/mol. The van der Waals surface area contributed by atoms with E-state index in [2.05, 4.69) is 16.0 Å². The lowest BCUT2D eigenvalue weighted by atomic mass is 10.1. The molecule has 1 aliphatic heterocycles. The lowest BCUT2D eigenvalue weighted by Gasteiger charge is -2.21. The molecule has 1 unspecified atom stereocenters. The molecule has 0 radical (unpaired) electrons. The summed E-state index contributed by atoms with van der Waals surface area (Å²) in [5.41, 5.74) is 0.664. The van der Waals surface area contributed by atoms with Crippen molar-refractivity contribution >= 4 is 64.5 Å². The van der Waals surface area contributed by atoms with Crippen LogP contribution in [0.25, 0.3) is 0 Å². The Balaban J connectivity index is 1.78. The number of hydrogen-bond donors (Lipinski definition) is 4. The van der Waals surface area contributed by atoms with Gasteiger partial charge in [0.1, 0.15) is 12.5 Å². The molecule has 1 aromatic carbocycles. The van der Waals surface area contributed by atoms with E-state index in [0.29, 0.717) is 15.6 Å². The summed E-state index contributed by atoms with van der Waals surface area (Å²) in [5.74, 6) is -6.92. The monoisotopic (exact) mass is 557 g/mol. The molecule has 1 saturated heterocycles. The van der Waals surface area contributed by atoms with Crippen LogP contribution in [0.3, 0.4) is 0 Å². The van der Waals surface area contributed by atoms with Crippen LogP contribution in [0.2, 0.25) is 10.0 Å². The maximum absolute atomic E-state index is 12.8. The van der Waals surface area contributed by atoms with Gasteiger partial charge >= 0.3 is 5.97 Å². The molecule has 1 fully saturated rings. The van der Waals surface area contributed by atoms with Gasteiger partial charge < -0.3 is 30.9 Å². The average Bonchev–Trinajstić information content (AvgIpc) is 3.11. The van der Waals surface area contributed by atoms with Gasteiger partial charge in [0.25, 0.3) is 5.91 Å². The van der Waals surface area contributed by atoms with Crippen molar-refractivity contribution in [3.63, 3.8) is 0 Å². The fraction of sp³-hybridized carbons (Fsp3) is 0.409. The second-order valence-corrected chi connectivity index (χ2v) is 8.91. The lowest BCUT2D eigenvalue weighted by molar-refractivity contribution is -0.145. The number of carbonyl (C=O) groups excluding carboxylic acids is 6. The molecule has 0 saturated carbocycles. The number of Topliss-reactive ketones (excluding diaryl/α,β-unsaturated/α-hetero) is 1. The number of benzene rings is 1. The topological polar surface area (TPSA) is 182 Å². The molecule has 1 aromatic rings. The molecule has 2 rings (SSSR count). The summed E-state index contributed by atoms with van der Waals surface area (Å²) < 4.78 is 0. The number of hydrogen-bond acceptors (Lipinski definition) is 7. The number of carboxylic acid groups (broad SMARTS) is 1. The Bertz CT molecular complexity index is 1110. The highest BCUT2D eigenvalue weighted by molar-refractivity contribution is 6.43. The average molecular weight is 558 g/mol. The van der Waals surface area contributed by atoms with Gasteiger partial charge in [0, 0.05) is 33.1 Å². The van der Waals surface area contributed by atoms with Crippen LogP contribution in [-0.4, -0.2) is 96.0 Å². The first kappa shape index (κ1) is 29.5. The molecule has 5 amide bonds. The number of amides is 5. The maximum Gasteiger partial charge on any atom is 0.322 e. The Kier molecular flexibility index (Phi) is 10.8. The Labute approximate surface area is 221 Å². The fourth-order valence-corrected chi connectivity index (χ4v) is 3.64. The highest BCUT2D eigenvalue weighted by Gasteiger charge is 2.44. The van der Waals surface area contributed by atoms with Crippen molar-refractivity contribution in [2.75, 3.05) is 39.8 Å². The summed E-state index contributed by atoms with van der Waals surface area (Å²) in [7, 11) is 1.46. The molecule has 4 N–H and O–H groups in total. The minimum Gasteiger partial charge on any atom is -0.480 e. The van der Waals surface area contributed by atoms with Crippen molar-refractivity contribution in [2.24, 2.45) is 5.92 Å². The highest BCUT2D eigenvalue weighted by atomic mass is 35.5. The summed E-state index contributed by atoms with van der Waals surface area (Å²) in [5, 5.41) is 15.9. The van der Waals surface area contributed by atoms with E-state index < -0.39 is 66.8 Å². The van der Waals surface area contributed by atoms with Crippen LogP contribution >= 0.6 is 23.2 Å². The third-order valence-corrected chi connectivity index (χ3v) is 5.93. The van der Waals surface area contributed by atoms with Crippen molar-refractivity contribution in [1.29, 1.82) is 0 Å². The predicted molar refractivity (Wildman–Crippen MR) is 129 cm³/mol. The zero-order valence-corrected chi connectivity index (χ0v) is 21.2. The van der Waals surface area contributed by atoms with Crippen LogP contribution in [0.15, 0.2) is 18.2 Å². The van der Waals surface area contributed by atoms with Gasteiger partial charge in [-0.3, -0.25) is 33.6 Å². The Morgan fingerprint density at radius 2 is 1.68 bits per heavy atom. The van der Waals surface area contributed by atoms with Crippen molar-refractivity contribution in [1.82, 2.24) is 25.8 Å². The van der Waals surface area contributed by atoms with E-state index in [4.69, 9.17) is 28.3 Å². The van der Waals surface area contributed by atoms with E-state index in [-0.39, 0.29) is 26.1 Å². The summed E-state index contributed by atoms with van der Waals surface area (Å²) >= 11 is 11.9. The highest BCUT2D eigenvalue weighted by Crippen LogP contribution is 2.24. The van der Waals surface area contributed by atoms with E-state index in [1.54, 1.807) is 18.2 Å². The van der Waals surface area contributed by atoms with E-state index in [1.807, 2.05) is 0 Å². The van der Waals surface area contributed by atoms with Crippen LogP contribution in [0.5, 0.6) is 0 Å². The Hall–Kier alpha value is -3.71. The molecule has 1 heterocycles. The zero-order chi connectivity index (χ0) is 27.7. The van der Waals surface area contributed by atoms with Crippen LogP contribution in [0.4, 0.5) is 0 Å². The van der Waals surface area contributed by atoms with Gasteiger partial charge in [-0.1, -0.05) is 29.3 Å². The number of rotatable bonds is 12. The van der Waals surface area contributed by atoms with E-state index in [9.17, 15) is 33.6 Å². The molecule has 15 heteroatoms. The summed E-state index contributed by atoms with van der Waals surface area (Å²) in [6, 6.07) is 4.82. The maximum atomic E-state index is 12.8. The molecule has 37 heavy (non-hydrogen) atoms. The van der Waals surface area contributed by atoms with Gasteiger partial charge in [-0.25, -0.2) is 0 Å². The first-order chi connectivity index (χ1) is 17.4. The zero-order valence-electron chi connectivity index (χ0n) is 19.7. The van der Waals surface area contributed by atoms with Crippen LogP contribution < -0.4 is 16.0 Å². The molecule has 0 bridgehead atoms. The third kappa shape index (κ3) is 9.03. The Morgan fingerprint density at radius 1 is 1.00 bits per heavy atom. The van der Waals surface area contributed by atoms with Crippen molar-refractivity contribution in [2.45, 2.75) is 13.0 Å². The first-order valence-corrected chi connectivity index (χ1v) is 11.7. The number of nitrogens with zero attached hydrogens (tertiary/aromatic N) is 2. The minimum atomic E-state index is -1.27. The largest absolute Gasteiger partial charge is 0.480 e. The fourth-order valence-electron chi connectivity index (χ4n) is 3.32. The molecule has 0 aromatic heterocycles. The number of halogens is 2. The van der Waals surface area contributed by atoms with Gasteiger partial charge in [-0.05, 0) is 17.7 Å². The van der Waals surface area contributed by atoms with Gasteiger partial charge in [0.2, 0.25) is 29.4 Å². The van der Waals surface area contributed by atoms with E-state index in [1.165, 1.54) is 11.9 Å². The number of likely N-dealkylation sites (tertiary alicyclic amines) is 1. The van der Waals surface area contributed by atoms with Gasteiger partial charge in [0.15, 0.2) is 0 Å². The molecular formula is C22H25Cl2N5O8. The van der Waals surface area contributed by atoms with Gasteiger partial charge in [0.05, 0.1) is 23.1 Å². The number of ketones is 1. The quantitative estimate of drug-likeness (QED) is 0.182. The summed E-state index contributed by atoms with van der Waals surface area (Å²) in [4.78, 5) is 85.4. The molecule has 0 aliphatic carbocycles. The molecule has 200 valence electrons. The lowest BCUT2D eigenvalue weighted by Crippen LogP contribution is -2.43. The van der Waals surface area contributed by atoms with Crippen LogP contribution in [-0.2, 0) is 40.1 Å². The van der Waals surface area contributed by atoms with Crippen molar-refractivity contribution < 1.29 is 38.7 Å². The summed E-state index contributed by atoms with van der Waals surface area (Å²) in [6.45, 7) is -1.78. The predicted octanol–water partition coefficient (Wildman–Crippen LogP) is -1.20. The number of carbonyl (C=O) groups is 7. The standard InChI is InChI=1S/C22H25Cl2N5O8/c1-28(9-12-2-3-14(23)15(24)6-12)21(36)13-10-29(22(37)20(13)35)11-18(32)26-7-17(31)25-5-4-16(30)27-8-19(33)34/h2-3,6,13H,4-5,7-11H2,1H3,(H,25,31)(H,26,32)(H,27,30)(H,33,34). The normalized spacial score (nSPS) is 14.8. The van der Waals surface area contributed by atoms with Gasteiger partial charge in [-0.2, -0.15) is 0 Å². The SMILES string of the molecule is CN(Cc1ccc(Cl)c(Cl)c1)C(=O)C1CN(CC(=O)NCC(=O)NCCC(=O)NCC(=O)O)C(=O)C1=O. The molecule has 1 atom stereocenters. The van der Waals surface area contributed by atoms with Crippen molar-refractivity contribution in [3.05, 3.63) is 33.8 Å². The third-order valence-electron chi connectivity index (χ3n) is 5.19. The minimum absolute atomic E-state index is 0.0845. The first-order valence-electron chi connectivity index (χ1n) is 10.9. The smallest absolute Gasteiger partial charge is 0.322 e. The van der Waals surface area contributed by atoms with Crippen molar-refractivity contribution in [3.8, 4) is 0 Å². The van der Waals surface area contributed by atoms with E-state index in [0.717, 1.165) is 4.90 Å². The van der Waals surface area contributed by atoms with E-state index >= 15 is 0 Å². The number of aliphatic carboxylic acids is 1. The molecule has 13 nitrogen and oxygen atoms in total. The van der Waals surface area contributed by atoms with Crippen LogP contribution in [0.1, 0.15) is 12.0 Å². The second kappa shape index (κ2) is 13.6. The van der Waals surface area contributed by atoms with Gasteiger partial charge in [-0.15, -0.1) is 0 Å². The molecule has 0 spiro atoms. The second-order valence-electron chi connectivity index (χ2n) is 8.09. The molecule has 1 aliphatic rings. The van der Waals surface area contributed by atoms with Crippen LogP contribution in [0, 0.1) is 5.92 Å². The Morgan fingerprint density at radius 3 is 2.32 bits per heavy atom. The number of nitrogens with one attached hydrogen (secondary N) is 3.